The van der Waals surface area contributed by atoms with Crippen LogP contribution in [0.15, 0.2) is 41.1 Å². The molecule has 0 saturated heterocycles. The van der Waals surface area contributed by atoms with Crippen molar-refractivity contribution in [3.8, 4) is 0 Å². The first-order valence-corrected chi connectivity index (χ1v) is 7.95. The molecule has 0 fully saturated rings. The summed E-state index contributed by atoms with van der Waals surface area (Å²) in [5, 5.41) is 8.10. The molecule has 1 N–H and O–H groups in total. The maximum absolute atomic E-state index is 3.72. The molecule has 0 saturated carbocycles. The molecule has 1 heterocycles. The number of hydrogen-bond donors (Lipinski definition) is 1. The second-order valence-electron chi connectivity index (χ2n) is 6.07. The van der Waals surface area contributed by atoms with E-state index < -0.39 is 0 Å². The largest absolute Gasteiger partial charge is 0.306 e. The normalized spacial score (nSPS) is 21.1. The Morgan fingerprint density at radius 3 is 2.89 bits per heavy atom. The van der Waals surface area contributed by atoms with Gasteiger partial charge in [-0.05, 0) is 51.8 Å². The van der Waals surface area contributed by atoms with Gasteiger partial charge in [0.15, 0.2) is 0 Å². The van der Waals surface area contributed by atoms with Crippen molar-refractivity contribution in [3.05, 3.63) is 57.8 Å². The van der Waals surface area contributed by atoms with E-state index in [9.17, 15) is 0 Å². The Bertz CT molecular complexity index is 542. The molecular formula is C17H21NS. The lowest BCUT2D eigenvalue weighted by Crippen LogP contribution is -2.32. The standard InChI is InChI=1S/C17H21NS/c1-17(2)9-7-16(14-5-3-4-6-15(14)17)18-11-13-8-10-19-12-13/h3-6,8,10,12,16,18H,7,9,11H2,1-2H3. The predicted octanol–water partition coefficient (Wildman–Crippen LogP) is 4.65. The Labute approximate surface area is 119 Å². The van der Waals surface area contributed by atoms with Gasteiger partial charge in [-0.2, -0.15) is 11.3 Å². The molecule has 1 aliphatic rings. The maximum Gasteiger partial charge on any atom is 0.0326 e. The van der Waals surface area contributed by atoms with E-state index >= 15 is 0 Å². The molecule has 3 rings (SSSR count). The highest BCUT2D eigenvalue weighted by Crippen LogP contribution is 2.41. The summed E-state index contributed by atoms with van der Waals surface area (Å²) in [5.74, 6) is 0. The molecule has 1 unspecified atom stereocenters. The molecule has 1 aliphatic carbocycles. The van der Waals surface area contributed by atoms with Crippen LogP contribution in [0.2, 0.25) is 0 Å². The van der Waals surface area contributed by atoms with Crippen molar-refractivity contribution >= 4 is 11.3 Å². The summed E-state index contributed by atoms with van der Waals surface area (Å²) in [5.41, 5.74) is 4.72. The minimum absolute atomic E-state index is 0.317. The molecule has 2 heteroatoms. The first-order chi connectivity index (χ1) is 9.17. The van der Waals surface area contributed by atoms with E-state index in [-0.39, 0.29) is 0 Å². The number of rotatable bonds is 3. The van der Waals surface area contributed by atoms with E-state index in [1.807, 2.05) is 0 Å². The van der Waals surface area contributed by atoms with Crippen LogP contribution in [0.1, 0.15) is 49.4 Å². The quantitative estimate of drug-likeness (QED) is 0.856. The van der Waals surface area contributed by atoms with Gasteiger partial charge in [0.25, 0.3) is 0 Å². The van der Waals surface area contributed by atoms with Gasteiger partial charge in [0.2, 0.25) is 0 Å². The third kappa shape index (κ3) is 2.60. The van der Waals surface area contributed by atoms with E-state index in [2.05, 4.69) is 60.3 Å². The zero-order valence-electron chi connectivity index (χ0n) is 11.6. The van der Waals surface area contributed by atoms with Gasteiger partial charge in [0.1, 0.15) is 0 Å². The first kappa shape index (κ1) is 12.9. The molecule has 1 aromatic heterocycles. The summed E-state index contributed by atoms with van der Waals surface area (Å²) in [6, 6.07) is 11.6. The average molecular weight is 271 g/mol. The summed E-state index contributed by atoms with van der Waals surface area (Å²) < 4.78 is 0. The third-order valence-corrected chi connectivity index (χ3v) is 4.99. The van der Waals surface area contributed by atoms with E-state index in [0.29, 0.717) is 11.5 Å². The van der Waals surface area contributed by atoms with Crippen LogP contribution in [0, 0.1) is 0 Å². The SMILES string of the molecule is CC1(C)CCC(NCc2ccsc2)c2ccccc21. The van der Waals surface area contributed by atoms with E-state index in [4.69, 9.17) is 0 Å². The van der Waals surface area contributed by atoms with Crippen molar-refractivity contribution in [2.24, 2.45) is 0 Å². The zero-order chi connectivity index (χ0) is 13.3. The molecule has 0 bridgehead atoms. The minimum atomic E-state index is 0.317. The number of fused-ring (bicyclic) bond motifs is 1. The van der Waals surface area contributed by atoms with Gasteiger partial charge >= 0.3 is 0 Å². The minimum Gasteiger partial charge on any atom is -0.306 e. The monoisotopic (exact) mass is 271 g/mol. The maximum atomic E-state index is 3.72. The van der Waals surface area contributed by atoms with Crippen molar-refractivity contribution < 1.29 is 0 Å². The van der Waals surface area contributed by atoms with Crippen LogP contribution in [0.4, 0.5) is 0 Å². The smallest absolute Gasteiger partial charge is 0.0326 e. The first-order valence-electron chi connectivity index (χ1n) is 7.01. The molecule has 1 nitrogen and oxygen atoms in total. The number of hydrogen-bond acceptors (Lipinski definition) is 2. The van der Waals surface area contributed by atoms with Crippen LogP contribution in [-0.4, -0.2) is 0 Å². The van der Waals surface area contributed by atoms with Gasteiger partial charge in [0.05, 0.1) is 0 Å². The van der Waals surface area contributed by atoms with Gasteiger partial charge in [-0.3, -0.25) is 0 Å². The lowest BCUT2D eigenvalue weighted by molar-refractivity contribution is 0.357. The van der Waals surface area contributed by atoms with Gasteiger partial charge in [-0.25, -0.2) is 0 Å². The van der Waals surface area contributed by atoms with Gasteiger partial charge < -0.3 is 5.32 Å². The van der Waals surface area contributed by atoms with Crippen molar-refractivity contribution in [1.82, 2.24) is 5.32 Å². The Morgan fingerprint density at radius 1 is 1.26 bits per heavy atom. The molecule has 2 aromatic rings. The molecule has 0 radical (unpaired) electrons. The van der Waals surface area contributed by atoms with E-state index in [0.717, 1.165) is 6.54 Å². The number of nitrogens with one attached hydrogen (secondary N) is 1. The van der Waals surface area contributed by atoms with Crippen molar-refractivity contribution in [1.29, 1.82) is 0 Å². The van der Waals surface area contributed by atoms with Crippen molar-refractivity contribution in [2.45, 2.75) is 44.7 Å². The van der Waals surface area contributed by atoms with Crippen LogP contribution in [0.3, 0.4) is 0 Å². The van der Waals surface area contributed by atoms with E-state index in [1.54, 1.807) is 11.3 Å². The summed E-state index contributed by atoms with van der Waals surface area (Å²) in [7, 11) is 0. The fourth-order valence-corrected chi connectivity index (χ4v) is 3.73. The van der Waals surface area contributed by atoms with Gasteiger partial charge in [-0.15, -0.1) is 0 Å². The second-order valence-corrected chi connectivity index (χ2v) is 6.85. The highest BCUT2D eigenvalue weighted by Gasteiger charge is 2.31. The molecule has 0 aliphatic heterocycles. The Morgan fingerprint density at radius 2 is 2.11 bits per heavy atom. The highest BCUT2D eigenvalue weighted by molar-refractivity contribution is 7.07. The van der Waals surface area contributed by atoms with Crippen molar-refractivity contribution in [2.75, 3.05) is 0 Å². The van der Waals surface area contributed by atoms with Crippen LogP contribution >= 0.6 is 11.3 Å². The molecular weight excluding hydrogens is 250 g/mol. The Kier molecular flexibility index (Phi) is 3.46. The van der Waals surface area contributed by atoms with E-state index in [1.165, 1.54) is 29.5 Å². The van der Waals surface area contributed by atoms with Crippen LogP contribution in [0.25, 0.3) is 0 Å². The zero-order valence-corrected chi connectivity index (χ0v) is 12.5. The predicted molar refractivity (Wildman–Crippen MR) is 82.6 cm³/mol. The molecule has 0 amide bonds. The summed E-state index contributed by atoms with van der Waals surface area (Å²) in [6.07, 6.45) is 2.49. The van der Waals surface area contributed by atoms with Crippen molar-refractivity contribution in [3.63, 3.8) is 0 Å². The Hall–Kier alpha value is -1.12. The second kappa shape index (κ2) is 5.10. The molecule has 0 spiro atoms. The van der Waals surface area contributed by atoms with Gasteiger partial charge in [-0.1, -0.05) is 38.1 Å². The summed E-state index contributed by atoms with van der Waals surface area (Å²) in [4.78, 5) is 0. The number of thiophene rings is 1. The van der Waals surface area contributed by atoms with Crippen LogP contribution in [-0.2, 0) is 12.0 Å². The fourth-order valence-electron chi connectivity index (χ4n) is 3.06. The summed E-state index contributed by atoms with van der Waals surface area (Å²) >= 11 is 1.77. The molecule has 1 aromatic carbocycles. The Balaban J connectivity index is 1.80. The molecule has 1 atom stereocenters. The lowest BCUT2D eigenvalue weighted by atomic mass is 9.71. The highest BCUT2D eigenvalue weighted by atomic mass is 32.1. The van der Waals surface area contributed by atoms with Crippen LogP contribution in [0.5, 0.6) is 0 Å². The topological polar surface area (TPSA) is 12.0 Å². The molecule has 19 heavy (non-hydrogen) atoms. The molecule has 100 valence electrons. The third-order valence-electron chi connectivity index (χ3n) is 4.26. The van der Waals surface area contributed by atoms with Crippen LogP contribution < -0.4 is 5.32 Å². The lowest BCUT2D eigenvalue weighted by Gasteiger charge is -2.37. The summed E-state index contributed by atoms with van der Waals surface area (Å²) in [6.45, 7) is 5.70. The average Bonchev–Trinajstić information content (AvgIpc) is 2.91. The number of benzene rings is 1. The van der Waals surface area contributed by atoms with Gasteiger partial charge in [0, 0.05) is 12.6 Å². The fraction of sp³-hybridized carbons (Fsp3) is 0.412.